The number of carbonyl (C=O) groups is 2. The molecule has 15 nitrogen and oxygen atoms in total. The molecule has 2 rings (SSSR count). The summed E-state index contributed by atoms with van der Waals surface area (Å²) < 4.78 is 54.2. The number of unbranched alkanes of at least 4 members (excludes halogenated alkanes) is 1. The van der Waals surface area contributed by atoms with E-state index in [1.807, 2.05) is 11.8 Å². The van der Waals surface area contributed by atoms with Crippen LogP contribution in [0, 0.1) is 12.3 Å². The predicted octanol–water partition coefficient (Wildman–Crippen LogP) is 0.628. The summed E-state index contributed by atoms with van der Waals surface area (Å²) in [5.41, 5.74) is 0. The summed E-state index contributed by atoms with van der Waals surface area (Å²) in [4.78, 5) is 23.5. The van der Waals surface area contributed by atoms with Gasteiger partial charge in [0.1, 0.15) is 6.61 Å². The third kappa shape index (κ3) is 24.9. The normalized spacial score (nSPS) is 18.3. The molecule has 0 radical (unpaired) electrons. The molecule has 2 fully saturated rings. The van der Waals surface area contributed by atoms with Gasteiger partial charge in [-0.1, -0.05) is 12.3 Å². The van der Waals surface area contributed by atoms with Gasteiger partial charge in [0.25, 0.3) is 0 Å². The van der Waals surface area contributed by atoms with Gasteiger partial charge in [-0.2, -0.15) is 11.8 Å². The molecule has 0 aliphatic carbocycles. The van der Waals surface area contributed by atoms with Crippen molar-refractivity contribution < 1.29 is 57.0 Å². The fourth-order valence-corrected chi connectivity index (χ4v) is 6.28. The average Bonchev–Trinajstić information content (AvgIpc) is 3.66. The summed E-state index contributed by atoms with van der Waals surface area (Å²) in [6, 6.07) is 0.409. The number of hydrogen-bond acceptors (Lipinski definition) is 13. The molecule has 3 N–H and O–H groups in total. The van der Waals surface area contributed by atoms with Crippen LogP contribution in [0.2, 0.25) is 0 Å². The molecule has 3 amide bonds. The molecule has 0 unspecified atom stereocenters. The molecular formula is C33H59N3O12S. The third-order valence-electron chi connectivity index (χ3n) is 7.18. The van der Waals surface area contributed by atoms with Gasteiger partial charge in [0.15, 0.2) is 0 Å². The number of nitrogens with one attached hydrogen (secondary N) is 3. The van der Waals surface area contributed by atoms with E-state index in [1.54, 1.807) is 0 Å². The van der Waals surface area contributed by atoms with Crippen LogP contribution >= 0.6 is 11.8 Å². The van der Waals surface area contributed by atoms with Crippen molar-refractivity contribution in [2.24, 2.45) is 0 Å². The molecule has 3 atom stereocenters. The van der Waals surface area contributed by atoms with Gasteiger partial charge >= 0.3 is 6.03 Å². The minimum atomic E-state index is -0.0605. The van der Waals surface area contributed by atoms with Crippen molar-refractivity contribution in [3.63, 3.8) is 0 Å². The lowest BCUT2D eigenvalue weighted by atomic mass is 10.0. The number of hydrogen-bond donors (Lipinski definition) is 3. The first-order valence-corrected chi connectivity index (χ1v) is 18.4. The van der Waals surface area contributed by atoms with Crippen LogP contribution in [0.3, 0.4) is 0 Å². The Labute approximate surface area is 296 Å². The standard InChI is InChI=1S/C33H59N3O12S/c1-2-8-39-10-12-41-14-16-43-18-20-45-22-24-47-26-27-48-25-23-46-21-19-44-17-15-42-13-11-40-9-7-34-31(37)6-4-3-5-30-32-29(28-49-30)35-33(38)36-32/h1,29-30,32H,3-28H2,(H,34,37)(H2,35,36,38)/t29-,30-,32-/m0/s1. The number of thioether (sulfide) groups is 1. The lowest BCUT2D eigenvalue weighted by Crippen LogP contribution is -2.36. The van der Waals surface area contributed by atoms with E-state index in [4.69, 9.17) is 53.8 Å². The average molecular weight is 722 g/mol. The van der Waals surface area contributed by atoms with Crippen LogP contribution in [0.1, 0.15) is 25.7 Å². The van der Waals surface area contributed by atoms with Gasteiger partial charge in [0.05, 0.1) is 138 Å². The number of fused-ring (bicyclic) bond motifs is 1. The molecule has 0 saturated carbocycles. The smallest absolute Gasteiger partial charge is 0.315 e. The van der Waals surface area contributed by atoms with Gasteiger partial charge in [-0.15, -0.1) is 6.42 Å². The minimum Gasteiger partial charge on any atom is -0.377 e. The zero-order chi connectivity index (χ0) is 34.9. The summed E-state index contributed by atoms with van der Waals surface area (Å²) in [6.45, 7) is 10.1. The fraction of sp³-hybridized carbons (Fsp3) is 0.879. The van der Waals surface area contributed by atoms with Crippen LogP contribution in [0.4, 0.5) is 4.79 Å². The minimum absolute atomic E-state index is 0.0433. The molecule has 0 spiro atoms. The highest BCUT2D eigenvalue weighted by Crippen LogP contribution is 2.33. The monoisotopic (exact) mass is 721 g/mol. The zero-order valence-corrected chi connectivity index (χ0v) is 29.8. The second-order valence-electron chi connectivity index (χ2n) is 11.0. The number of carbonyl (C=O) groups excluding carboxylic acids is 2. The molecule has 49 heavy (non-hydrogen) atoms. The van der Waals surface area contributed by atoms with E-state index in [2.05, 4.69) is 21.9 Å². The van der Waals surface area contributed by atoms with Gasteiger partial charge in [0, 0.05) is 24.0 Å². The molecule has 2 saturated heterocycles. The highest BCUT2D eigenvalue weighted by atomic mass is 32.2. The van der Waals surface area contributed by atoms with Gasteiger partial charge in [-0.3, -0.25) is 4.79 Å². The number of ether oxygens (including phenoxy) is 10. The van der Waals surface area contributed by atoms with Crippen LogP contribution in [-0.2, 0) is 52.2 Å². The lowest BCUT2D eigenvalue weighted by molar-refractivity contribution is -0.121. The van der Waals surface area contributed by atoms with Gasteiger partial charge in [-0.05, 0) is 12.8 Å². The molecule has 0 aromatic carbocycles. The molecular weight excluding hydrogens is 662 g/mol. The van der Waals surface area contributed by atoms with E-state index >= 15 is 0 Å². The van der Waals surface area contributed by atoms with Crippen LogP contribution in [0.15, 0.2) is 0 Å². The van der Waals surface area contributed by atoms with Gasteiger partial charge in [-0.25, -0.2) is 4.79 Å². The second-order valence-corrected chi connectivity index (χ2v) is 12.3. The molecule has 2 aliphatic heterocycles. The number of urea groups is 1. The van der Waals surface area contributed by atoms with E-state index in [-0.39, 0.29) is 24.0 Å². The first kappa shape index (κ1) is 43.4. The van der Waals surface area contributed by atoms with Crippen molar-refractivity contribution >= 4 is 23.7 Å². The molecule has 2 aliphatic rings. The second kappa shape index (κ2) is 32.2. The topological polar surface area (TPSA) is 163 Å². The first-order chi connectivity index (χ1) is 24.2. The summed E-state index contributed by atoms with van der Waals surface area (Å²) in [6.07, 6.45) is 8.42. The van der Waals surface area contributed by atoms with Crippen molar-refractivity contribution in [1.82, 2.24) is 16.0 Å². The van der Waals surface area contributed by atoms with Crippen LogP contribution in [0.25, 0.3) is 0 Å². The molecule has 2 heterocycles. The maximum absolute atomic E-state index is 12.0. The Hall–Kier alpha value is -1.75. The molecule has 0 aromatic heterocycles. The van der Waals surface area contributed by atoms with Crippen LogP contribution in [-0.4, -0.2) is 174 Å². The summed E-state index contributed by atoms with van der Waals surface area (Å²) in [5, 5.41) is 9.28. The predicted molar refractivity (Wildman–Crippen MR) is 184 cm³/mol. The number of terminal acetylenes is 1. The Kier molecular flexibility index (Phi) is 28.5. The Morgan fingerprint density at radius 2 is 1.08 bits per heavy atom. The summed E-state index contributed by atoms with van der Waals surface area (Å²) in [7, 11) is 0. The first-order valence-electron chi connectivity index (χ1n) is 17.4. The molecule has 16 heteroatoms. The van der Waals surface area contributed by atoms with E-state index in [0.717, 1.165) is 25.0 Å². The maximum atomic E-state index is 12.0. The Bertz CT molecular complexity index is 856. The zero-order valence-electron chi connectivity index (χ0n) is 29.0. The van der Waals surface area contributed by atoms with Crippen LogP contribution < -0.4 is 16.0 Å². The van der Waals surface area contributed by atoms with Gasteiger partial charge in [0.2, 0.25) is 5.91 Å². The Morgan fingerprint density at radius 3 is 1.53 bits per heavy atom. The van der Waals surface area contributed by atoms with E-state index in [9.17, 15) is 9.59 Å². The lowest BCUT2D eigenvalue weighted by Gasteiger charge is -2.16. The highest BCUT2D eigenvalue weighted by molar-refractivity contribution is 8.00. The molecule has 0 bridgehead atoms. The van der Waals surface area contributed by atoms with Crippen molar-refractivity contribution in [3.8, 4) is 12.3 Å². The third-order valence-corrected chi connectivity index (χ3v) is 8.69. The van der Waals surface area contributed by atoms with Crippen molar-refractivity contribution in [2.75, 3.05) is 144 Å². The van der Waals surface area contributed by atoms with E-state index in [1.165, 1.54) is 0 Å². The Morgan fingerprint density at radius 1 is 0.653 bits per heavy atom. The van der Waals surface area contributed by atoms with E-state index in [0.29, 0.717) is 150 Å². The molecule has 284 valence electrons. The van der Waals surface area contributed by atoms with Crippen molar-refractivity contribution in [3.05, 3.63) is 0 Å². The Balaban J connectivity index is 1.16. The summed E-state index contributed by atoms with van der Waals surface area (Å²) >= 11 is 1.90. The quantitative estimate of drug-likeness (QED) is 0.0470. The number of amides is 3. The van der Waals surface area contributed by atoms with Crippen molar-refractivity contribution in [1.29, 1.82) is 0 Å². The largest absolute Gasteiger partial charge is 0.377 e. The van der Waals surface area contributed by atoms with Gasteiger partial charge < -0.3 is 63.3 Å². The maximum Gasteiger partial charge on any atom is 0.315 e. The fourth-order valence-electron chi connectivity index (χ4n) is 4.74. The van der Waals surface area contributed by atoms with E-state index < -0.39 is 0 Å². The summed E-state index contributed by atoms with van der Waals surface area (Å²) in [5.74, 6) is 3.40. The van der Waals surface area contributed by atoms with Crippen LogP contribution in [0.5, 0.6) is 0 Å². The highest BCUT2D eigenvalue weighted by Gasteiger charge is 2.42. The number of rotatable bonds is 36. The van der Waals surface area contributed by atoms with Crippen molar-refractivity contribution in [2.45, 2.75) is 43.0 Å². The molecule has 0 aromatic rings. The SMILES string of the molecule is C#CCOCCOCCOCCOCCOCCOCCOCCOCCOCCOCCNC(=O)CCCC[C@@H]1SC[C@@H]2NC(=O)N[C@@H]21.